The summed E-state index contributed by atoms with van der Waals surface area (Å²) in [6.07, 6.45) is 1.26. The minimum absolute atomic E-state index is 0.305. The van der Waals surface area contributed by atoms with Crippen LogP contribution >= 0.6 is 12.2 Å². The lowest BCUT2D eigenvalue weighted by Crippen LogP contribution is -2.01. The molecular formula is C10H7FN4OS. The summed E-state index contributed by atoms with van der Waals surface area (Å²) in [5.41, 5.74) is 1.46. The second-order valence-corrected chi connectivity index (χ2v) is 3.91. The van der Waals surface area contributed by atoms with Crippen molar-refractivity contribution in [2.24, 2.45) is 0 Å². The monoisotopic (exact) mass is 250 g/mol. The number of nitrogens with zero attached hydrogens (tertiary/aromatic N) is 3. The number of benzene rings is 1. The van der Waals surface area contributed by atoms with Gasteiger partial charge in [0.1, 0.15) is 5.82 Å². The maximum Gasteiger partial charge on any atom is 0.213 e. The van der Waals surface area contributed by atoms with Gasteiger partial charge in [-0.2, -0.15) is 4.98 Å². The molecule has 7 heteroatoms. The number of aromatic nitrogens is 4. The minimum atomic E-state index is -0.305. The third kappa shape index (κ3) is 1.74. The number of hydrogen-bond donors (Lipinski definition) is 1. The predicted molar refractivity (Wildman–Crippen MR) is 60.5 cm³/mol. The molecular weight excluding hydrogens is 243 g/mol. The Labute approximate surface area is 99.9 Å². The molecule has 2 aromatic heterocycles. The summed E-state index contributed by atoms with van der Waals surface area (Å²) in [5, 5.41) is 3.72. The van der Waals surface area contributed by atoms with Crippen LogP contribution in [0.25, 0.3) is 11.0 Å². The van der Waals surface area contributed by atoms with E-state index < -0.39 is 0 Å². The van der Waals surface area contributed by atoms with E-state index in [2.05, 4.69) is 19.6 Å². The van der Waals surface area contributed by atoms with E-state index in [4.69, 9.17) is 12.2 Å². The first-order valence-corrected chi connectivity index (χ1v) is 5.28. The Morgan fingerprint density at radius 2 is 2.35 bits per heavy atom. The molecule has 0 radical (unpaired) electrons. The molecule has 3 aromatic rings. The fourth-order valence-corrected chi connectivity index (χ4v) is 1.97. The van der Waals surface area contributed by atoms with Gasteiger partial charge in [-0.05, 0) is 30.4 Å². The molecule has 0 spiro atoms. The van der Waals surface area contributed by atoms with Crippen LogP contribution in [0.1, 0.15) is 5.82 Å². The van der Waals surface area contributed by atoms with Crippen LogP contribution in [-0.2, 0) is 6.54 Å². The largest absolute Gasteiger partial charge is 0.343 e. The number of hydrogen-bond acceptors (Lipinski definition) is 4. The summed E-state index contributed by atoms with van der Waals surface area (Å²) in [5.74, 6) is 0.215. The zero-order chi connectivity index (χ0) is 11.8. The standard InChI is InChI=1S/C10H7FN4OS/c11-6-1-2-8-7(3-6)13-10(17)15(8)4-9-12-5-16-14-9/h1-3,5H,4H2,(H,13,17). The molecule has 0 saturated heterocycles. The summed E-state index contributed by atoms with van der Waals surface area (Å²) in [4.78, 5) is 6.86. The molecule has 3 rings (SSSR count). The summed E-state index contributed by atoms with van der Waals surface area (Å²) >= 11 is 5.17. The number of fused-ring (bicyclic) bond motifs is 1. The Morgan fingerprint density at radius 3 is 3.12 bits per heavy atom. The molecule has 0 aliphatic rings. The average Bonchev–Trinajstić information content (AvgIpc) is 2.88. The molecule has 0 aliphatic carbocycles. The van der Waals surface area contributed by atoms with Crippen LogP contribution in [0.2, 0.25) is 0 Å². The van der Waals surface area contributed by atoms with Gasteiger partial charge in [0, 0.05) is 0 Å². The van der Waals surface area contributed by atoms with Crippen molar-refractivity contribution in [3.63, 3.8) is 0 Å². The summed E-state index contributed by atoms with van der Waals surface area (Å²) in [7, 11) is 0. The molecule has 0 bridgehead atoms. The lowest BCUT2D eigenvalue weighted by Gasteiger charge is -1.99. The molecule has 0 aliphatic heterocycles. The highest BCUT2D eigenvalue weighted by atomic mass is 32.1. The molecule has 5 nitrogen and oxygen atoms in total. The number of halogens is 1. The number of aromatic amines is 1. The Balaban J connectivity index is 2.16. The van der Waals surface area contributed by atoms with Crippen LogP contribution in [0.4, 0.5) is 4.39 Å². The van der Waals surface area contributed by atoms with Crippen LogP contribution in [0.5, 0.6) is 0 Å². The van der Waals surface area contributed by atoms with E-state index in [0.717, 1.165) is 5.52 Å². The van der Waals surface area contributed by atoms with E-state index in [1.165, 1.54) is 18.5 Å². The highest BCUT2D eigenvalue weighted by Gasteiger charge is 2.08. The van der Waals surface area contributed by atoms with E-state index in [-0.39, 0.29) is 5.82 Å². The first kappa shape index (κ1) is 10.2. The quantitative estimate of drug-likeness (QED) is 0.709. The van der Waals surface area contributed by atoms with Crippen molar-refractivity contribution in [2.75, 3.05) is 0 Å². The maximum atomic E-state index is 13.1. The average molecular weight is 250 g/mol. The fraction of sp³-hybridized carbons (Fsp3) is 0.100. The summed E-state index contributed by atoms with van der Waals surface area (Å²) in [6.45, 7) is 0.390. The summed E-state index contributed by atoms with van der Waals surface area (Å²) < 4.78 is 20.0. The third-order valence-corrected chi connectivity index (χ3v) is 2.77. The van der Waals surface area contributed by atoms with Gasteiger partial charge in [-0.3, -0.25) is 0 Å². The molecule has 17 heavy (non-hydrogen) atoms. The molecule has 0 saturated carbocycles. The molecule has 0 amide bonds. The van der Waals surface area contributed by atoms with Gasteiger partial charge < -0.3 is 14.1 Å². The highest BCUT2D eigenvalue weighted by Crippen LogP contribution is 2.16. The highest BCUT2D eigenvalue weighted by molar-refractivity contribution is 7.71. The zero-order valence-electron chi connectivity index (χ0n) is 8.55. The van der Waals surface area contributed by atoms with Gasteiger partial charge in [-0.15, -0.1) is 0 Å². The Kier molecular flexibility index (Phi) is 2.25. The fourth-order valence-electron chi connectivity index (χ4n) is 1.70. The molecule has 0 unspecified atom stereocenters. The Bertz CT molecular complexity index is 716. The van der Waals surface area contributed by atoms with Crippen molar-refractivity contribution in [1.82, 2.24) is 19.7 Å². The van der Waals surface area contributed by atoms with Crippen LogP contribution < -0.4 is 0 Å². The van der Waals surface area contributed by atoms with E-state index in [1.807, 2.05) is 0 Å². The normalized spacial score (nSPS) is 11.1. The minimum Gasteiger partial charge on any atom is -0.343 e. The maximum absolute atomic E-state index is 13.1. The van der Waals surface area contributed by atoms with Gasteiger partial charge in [0.25, 0.3) is 0 Å². The van der Waals surface area contributed by atoms with E-state index in [0.29, 0.717) is 22.7 Å². The second-order valence-electron chi connectivity index (χ2n) is 3.53. The van der Waals surface area contributed by atoms with Gasteiger partial charge >= 0.3 is 0 Å². The smallest absolute Gasteiger partial charge is 0.213 e. The second kappa shape index (κ2) is 3.77. The van der Waals surface area contributed by atoms with Crippen molar-refractivity contribution >= 4 is 23.3 Å². The number of nitrogens with one attached hydrogen (secondary N) is 1. The van der Waals surface area contributed by atoms with E-state index in [1.54, 1.807) is 10.6 Å². The topological polar surface area (TPSA) is 59.6 Å². The van der Waals surface area contributed by atoms with Gasteiger partial charge in [0.15, 0.2) is 10.6 Å². The Hall–Kier alpha value is -2.02. The van der Waals surface area contributed by atoms with Crippen LogP contribution in [0.15, 0.2) is 29.1 Å². The first-order valence-electron chi connectivity index (χ1n) is 4.87. The molecule has 2 heterocycles. The van der Waals surface area contributed by atoms with Crippen molar-refractivity contribution < 1.29 is 8.91 Å². The molecule has 0 atom stereocenters. The van der Waals surface area contributed by atoms with E-state index in [9.17, 15) is 4.39 Å². The predicted octanol–water partition coefficient (Wildman–Crippen LogP) is 2.27. The van der Waals surface area contributed by atoms with Gasteiger partial charge in [0.2, 0.25) is 6.39 Å². The van der Waals surface area contributed by atoms with Crippen molar-refractivity contribution in [1.29, 1.82) is 0 Å². The van der Waals surface area contributed by atoms with Crippen LogP contribution in [0.3, 0.4) is 0 Å². The van der Waals surface area contributed by atoms with Gasteiger partial charge in [-0.1, -0.05) is 5.16 Å². The Morgan fingerprint density at radius 1 is 1.47 bits per heavy atom. The number of imidazole rings is 1. The lowest BCUT2D eigenvalue weighted by molar-refractivity contribution is 0.408. The van der Waals surface area contributed by atoms with E-state index >= 15 is 0 Å². The number of H-pyrrole nitrogens is 1. The third-order valence-electron chi connectivity index (χ3n) is 2.44. The van der Waals surface area contributed by atoms with Gasteiger partial charge in [0.05, 0.1) is 17.6 Å². The SMILES string of the molecule is Fc1ccc2c(c1)[nH]c(=S)n2Cc1ncon1. The van der Waals surface area contributed by atoms with Gasteiger partial charge in [-0.25, -0.2) is 4.39 Å². The van der Waals surface area contributed by atoms with Crippen molar-refractivity contribution in [2.45, 2.75) is 6.54 Å². The molecule has 86 valence electrons. The molecule has 1 aromatic carbocycles. The van der Waals surface area contributed by atoms with Crippen molar-refractivity contribution in [3.05, 3.63) is 41.0 Å². The molecule has 0 fully saturated rings. The lowest BCUT2D eigenvalue weighted by atomic mass is 10.3. The first-order chi connectivity index (χ1) is 8.24. The molecule has 1 N–H and O–H groups in total. The number of rotatable bonds is 2. The zero-order valence-corrected chi connectivity index (χ0v) is 9.37. The summed E-state index contributed by atoms with van der Waals surface area (Å²) in [6, 6.07) is 4.45. The van der Waals surface area contributed by atoms with Crippen LogP contribution in [0, 0.1) is 10.6 Å². The van der Waals surface area contributed by atoms with Crippen LogP contribution in [-0.4, -0.2) is 19.7 Å². The van der Waals surface area contributed by atoms with Crippen molar-refractivity contribution in [3.8, 4) is 0 Å².